The van der Waals surface area contributed by atoms with E-state index in [1.54, 1.807) is 12.1 Å². The van der Waals surface area contributed by atoms with Crippen molar-refractivity contribution in [3.05, 3.63) is 60.2 Å². The molecule has 168 valence electrons. The van der Waals surface area contributed by atoms with Crippen molar-refractivity contribution in [1.29, 1.82) is 0 Å². The van der Waals surface area contributed by atoms with Crippen LogP contribution in [0.4, 0.5) is 0 Å². The monoisotopic (exact) mass is 444 g/mol. The molecule has 7 heteroatoms. The summed E-state index contributed by atoms with van der Waals surface area (Å²) >= 11 is 0. The second-order valence-corrected chi connectivity index (χ2v) is 9.86. The first-order valence-electron chi connectivity index (χ1n) is 11.1. The van der Waals surface area contributed by atoms with Gasteiger partial charge in [0.1, 0.15) is 5.75 Å². The van der Waals surface area contributed by atoms with E-state index in [4.69, 9.17) is 4.74 Å². The van der Waals surface area contributed by atoms with E-state index in [2.05, 4.69) is 5.32 Å². The lowest BCUT2D eigenvalue weighted by Gasteiger charge is -2.24. The minimum atomic E-state index is -3.86. The molecule has 31 heavy (non-hydrogen) atoms. The van der Waals surface area contributed by atoms with Crippen molar-refractivity contribution in [2.75, 3.05) is 13.2 Å². The third-order valence-electron chi connectivity index (χ3n) is 5.51. The van der Waals surface area contributed by atoms with Crippen LogP contribution < -0.4 is 10.1 Å². The summed E-state index contributed by atoms with van der Waals surface area (Å²) < 4.78 is 33.5. The van der Waals surface area contributed by atoms with Gasteiger partial charge in [0.15, 0.2) is 0 Å². The molecule has 1 saturated carbocycles. The Balaban J connectivity index is 1.78. The molecule has 0 saturated heterocycles. The number of nitrogens with one attached hydrogen (secondary N) is 1. The largest absolute Gasteiger partial charge is 0.494 e. The Kier molecular flexibility index (Phi) is 8.49. The van der Waals surface area contributed by atoms with E-state index in [0.717, 1.165) is 31.2 Å². The third-order valence-corrected chi connectivity index (χ3v) is 7.32. The van der Waals surface area contributed by atoms with E-state index in [0.29, 0.717) is 12.4 Å². The normalized spacial score (nSPS) is 15.4. The zero-order valence-corrected chi connectivity index (χ0v) is 18.9. The van der Waals surface area contributed by atoms with Gasteiger partial charge in [-0.3, -0.25) is 4.79 Å². The van der Waals surface area contributed by atoms with Crippen LogP contribution in [0.15, 0.2) is 59.5 Å². The van der Waals surface area contributed by atoms with Crippen molar-refractivity contribution in [3.63, 3.8) is 0 Å². The molecule has 1 aliphatic rings. The van der Waals surface area contributed by atoms with Crippen LogP contribution in [0.2, 0.25) is 0 Å². The number of ether oxygens (including phenoxy) is 1. The van der Waals surface area contributed by atoms with Gasteiger partial charge in [0.25, 0.3) is 0 Å². The highest BCUT2D eigenvalue weighted by Gasteiger charge is 2.28. The quantitative estimate of drug-likeness (QED) is 0.591. The molecular weight excluding hydrogens is 412 g/mol. The van der Waals surface area contributed by atoms with E-state index < -0.39 is 10.0 Å². The van der Waals surface area contributed by atoms with Gasteiger partial charge in [-0.1, -0.05) is 56.0 Å². The number of carbonyl (C=O) groups is 1. The van der Waals surface area contributed by atoms with E-state index >= 15 is 0 Å². The smallest absolute Gasteiger partial charge is 0.243 e. The zero-order valence-electron chi connectivity index (χ0n) is 18.1. The Labute approximate surface area is 185 Å². The van der Waals surface area contributed by atoms with Crippen LogP contribution in [0.25, 0.3) is 0 Å². The summed E-state index contributed by atoms with van der Waals surface area (Å²) in [5, 5.41) is 3.06. The first-order valence-corrected chi connectivity index (χ1v) is 12.5. The standard InChI is InChI=1S/C24H32N2O4S/c1-2-30-22-14-16-23(17-15-22)31(28,29)26(18-20-10-6-5-7-11-20)19-24(27)25-21-12-8-3-4-9-13-21/h5-7,10-11,14-17,21H,2-4,8-9,12-13,18-19H2,1H3,(H,25,27). The first kappa shape index (κ1) is 23.3. The van der Waals surface area contributed by atoms with Gasteiger partial charge in [-0.2, -0.15) is 4.31 Å². The maximum absolute atomic E-state index is 13.4. The molecule has 0 heterocycles. The fraction of sp³-hybridized carbons (Fsp3) is 0.458. The van der Waals surface area contributed by atoms with Gasteiger partial charge in [-0.25, -0.2) is 8.42 Å². The summed E-state index contributed by atoms with van der Waals surface area (Å²) in [5.41, 5.74) is 0.833. The molecular formula is C24H32N2O4S. The lowest BCUT2D eigenvalue weighted by atomic mass is 10.1. The minimum absolute atomic E-state index is 0.127. The van der Waals surface area contributed by atoms with Crippen LogP contribution in [-0.2, 0) is 21.4 Å². The average molecular weight is 445 g/mol. The van der Waals surface area contributed by atoms with E-state index in [1.165, 1.54) is 29.3 Å². The topological polar surface area (TPSA) is 75.7 Å². The molecule has 0 spiro atoms. The minimum Gasteiger partial charge on any atom is -0.494 e. The molecule has 0 radical (unpaired) electrons. The number of amides is 1. The van der Waals surface area contributed by atoms with Gasteiger partial charge in [0.05, 0.1) is 18.0 Å². The molecule has 0 aliphatic heterocycles. The van der Waals surface area contributed by atoms with Gasteiger partial charge >= 0.3 is 0 Å². The highest BCUT2D eigenvalue weighted by Crippen LogP contribution is 2.22. The second-order valence-electron chi connectivity index (χ2n) is 7.92. The molecule has 2 aromatic carbocycles. The lowest BCUT2D eigenvalue weighted by Crippen LogP contribution is -2.43. The van der Waals surface area contributed by atoms with E-state index in [-0.39, 0.29) is 29.9 Å². The van der Waals surface area contributed by atoms with Crippen molar-refractivity contribution >= 4 is 15.9 Å². The van der Waals surface area contributed by atoms with Gasteiger partial charge in [-0.05, 0) is 49.6 Å². The summed E-state index contributed by atoms with van der Waals surface area (Å²) in [7, 11) is -3.86. The fourth-order valence-corrected chi connectivity index (χ4v) is 5.28. The Morgan fingerprint density at radius 3 is 2.26 bits per heavy atom. The predicted molar refractivity (Wildman–Crippen MR) is 121 cm³/mol. The summed E-state index contributed by atoms with van der Waals surface area (Å²) in [4.78, 5) is 13.0. The fourth-order valence-electron chi connectivity index (χ4n) is 3.89. The van der Waals surface area contributed by atoms with Crippen molar-refractivity contribution < 1.29 is 17.9 Å². The highest BCUT2D eigenvalue weighted by molar-refractivity contribution is 7.89. The Bertz CT molecular complexity index is 922. The average Bonchev–Trinajstić information content (AvgIpc) is 3.03. The van der Waals surface area contributed by atoms with Crippen molar-refractivity contribution in [3.8, 4) is 5.75 Å². The van der Waals surface area contributed by atoms with Crippen LogP contribution in [0, 0.1) is 0 Å². The summed E-state index contributed by atoms with van der Waals surface area (Å²) in [6.07, 6.45) is 6.50. The number of rotatable bonds is 9. The van der Waals surface area contributed by atoms with Crippen LogP contribution in [0.5, 0.6) is 5.75 Å². The number of carbonyl (C=O) groups excluding carboxylic acids is 1. The SMILES string of the molecule is CCOc1ccc(S(=O)(=O)N(CC(=O)NC2CCCCCC2)Cc2ccccc2)cc1. The van der Waals surface area contributed by atoms with Gasteiger partial charge in [0.2, 0.25) is 15.9 Å². The molecule has 0 bridgehead atoms. The van der Waals surface area contributed by atoms with E-state index in [1.807, 2.05) is 37.3 Å². The molecule has 1 N–H and O–H groups in total. The molecule has 1 fully saturated rings. The predicted octanol–water partition coefficient (Wildman–Crippen LogP) is 4.12. The second kappa shape index (κ2) is 11.3. The molecule has 1 amide bonds. The number of hydrogen-bond donors (Lipinski definition) is 1. The van der Waals surface area contributed by atoms with E-state index in [9.17, 15) is 13.2 Å². The summed E-state index contributed by atoms with van der Waals surface area (Å²) in [6, 6.07) is 15.8. The summed E-state index contributed by atoms with van der Waals surface area (Å²) in [6.45, 7) is 2.31. The number of hydrogen-bond acceptors (Lipinski definition) is 4. The molecule has 0 atom stereocenters. The Morgan fingerprint density at radius 2 is 1.65 bits per heavy atom. The number of nitrogens with zero attached hydrogens (tertiary/aromatic N) is 1. The van der Waals surface area contributed by atoms with Gasteiger partial charge in [0, 0.05) is 12.6 Å². The molecule has 6 nitrogen and oxygen atoms in total. The Hall–Kier alpha value is -2.38. The summed E-state index contributed by atoms with van der Waals surface area (Å²) in [5.74, 6) is 0.361. The van der Waals surface area contributed by atoms with Crippen LogP contribution in [-0.4, -0.2) is 37.8 Å². The molecule has 2 aromatic rings. The van der Waals surface area contributed by atoms with Crippen molar-refractivity contribution in [1.82, 2.24) is 9.62 Å². The van der Waals surface area contributed by atoms with Crippen LogP contribution >= 0.6 is 0 Å². The third kappa shape index (κ3) is 6.80. The number of sulfonamides is 1. The maximum atomic E-state index is 13.4. The first-order chi connectivity index (χ1) is 15.0. The van der Waals surface area contributed by atoms with Crippen molar-refractivity contribution in [2.24, 2.45) is 0 Å². The molecule has 0 aromatic heterocycles. The molecule has 1 aliphatic carbocycles. The molecule has 3 rings (SSSR count). The highest BCUT2D eigenvalue weighted by atomic mass is 32.2. The molecule has 0 unspecified atom stereocenters. The van der Waals surface area contributed by atoms with Gasteiger partial charge in [-0.15, -0.1) is 0 Å². The van der Waals surface area contributed by atoms with Crippen LogP contribution in [0.1, 0.15) is 51.0 Å². The Morgan fingerprint density at radius 1 is 1.00 bits per heavy atom. The number of benzene rings is 2. The lowest BCUT2D eigenvalue weighted by molar-refractivity contribution is -0.122. The van der Waals surface area contributed by atoms with Gasteiger partial charge < -0.3 is 10.1 Å². The van der Waals surface area contributed by atoms with Crippen molar-refractivity contribution in [2.45, 2.75) is 62.9 Å². The zero-order chi connectivity index (χ0) is 22.1. The van der Waals surface area contributed by atoms with Crippen LogP contribution in [0.3, 0.4) is 0 Å². The maximum Gasteiger partial charge on any atom is 0.243 e.